The van der Waals surface area contributed by atoms with Crippen LogP contribution in [-0.4, -0.2) is 92.6 Å². The van der Waals surface area contributed by atoms with Crippen molar-refractivity contribution in [1.82, 2.24) is 0 Å². The number of hydrogen-bond acceptors (Lipinski definition) is 8. The summed E-state index contributed by atoms with van der Waals surface area (Å²) in [6.45, 7) is 12.0. The fourth-order valence-electron chi connectivity index (χ4n) is 4.44. The fourth-order valence-corrected chi connectivity index (χ4v) is 9.02. The van der Waals surface area contributed by atoms with Crippen molar-refractivity contribution >= 4 is 18.7 Å². The molecule has 218 valence electrons. The summed E-state index contributed by atoms with van der Waals surface area (Å²) >= 11 is 0. The number of methoxy groups -OCH3 is 2. The lowest BCUT2D eigenvalue weighted by atomic mass is 10.1. The van der Waals surface area contributed by atoms with Gasteiger partial charge in [-0.2, -0.15) is 0 Å². The predicted octanol–water partition coefficient (Wildman–Crippen LogP) is 3.12. The average Bonchev–Trinajstić information content (AvgIpc) is 2.94. The molecule has 0 aliphatic carbocycles. The van der Waals surface area contributed by atoms with E-state index in [1.165, 1.54) is 0 Å². The molecule has 0 saturated heterocycles. The van der Waals surface area contributed by atoms with Crippen LogP contribution in [0.5, 0.6) is 0 Å². The molecule has 0 aliphatic rings. The van der Waals surface area contributed by atoms with E-state index in [0.29, 0.717) is 26.4 Å². The lowest BCUT2D eigenvalue weighted by Gasteiger charge is -2.44. The Morgan fingerprint density at radius 1 is 0.795 bits per heavy atom. The normalized spacial score (nSPS) is 14.6. The standard InChI is InChI=1S/C30H46O8Si/c1-7-28(36-23-34-20-18-32-5)29(37-24-35-21-19-33-6)27(31)22-38-39(30(2,3)4,25-14-10-8-11-15-25)26-16-12-9-13-17-26/h7-17,27-29,31H,1,18-24H2,2-6H3/t27-,28-,29-/m1/s1. The maximum absolute atomic E-state index is 11.5. The Labute approximate surface area is 234 Å². The van der Waals surface area contributed by atoms with Gasteiger partial charge >= 0.3 is 0 Å². The molecule has 0 heterocycles. The second-order valence-electron chi connectivity index (χ2n) is 10.1. The molecule has 2 rings (SSSR count). The minimum atomic E-state index is -2.86. The first-order chi connectivity index (χ1) is 18.8. The van der Waals surface area contributed by atoms with Crippen molar-refractivity contribution in [2.75, 3.05) is 60.8 Å². The molecule has 0 aromatic heterocycles. The smallest absolute Gasteiger partial charge is 0.261 e. The monoisotopic (exact) mass is 562 g/mol. The molecule has 2 aromatic carbocycles. The summed E-state index contributed by atoms with van der Waals surface area (Å²) in [4.78, 5) is 0. The van der Waals surface area contributed by atoms with Crippen LogP contribution in [0, 0.1) is 0 Å². The highest BCUT2D eigenvalue weighted by atomic mass is 28.4. The topological polar surface area (TPSA) is 84.8 Å². The summed E-state index contributed by atoms with van der Waals surface area (Å²) in [6, 6.07) is 20.6. The Morgan fingerprint density at radius 3 is 1.72 bits per heavy atom. The Bertz CT molecular complexity index is 867. The minimum Gasteiger partial charge on any atom is -0.405 e. The summed E-state index contributed by atoms with van der Waals surface area (Å²) in [5.74, 6) is 0. The molecule has 0 saturated carbocycles. The van der Waals surface area contributed by atoms with Crippen LogP contribution in [0.15, 0.2) is 73.3 Å². The molecule has 1 N–H and O–H groups in total. The van der Waals surface area contributed by atoms with Gasteiger partial charge in [-0.15, -0.1) is 6.58 Å². The van der Waals surface area contributed by atoms with Crippen LogP contribution in [0.1, 0.15) is 20.8 Å². The molecular formula is C30H46O8Si. The lowest BCUT2D eigenvalue weighted by Crippen LogP contribution is -2.67. The van der Waals surface area contributed by atoms with Gasteiger partial charge in [-0.1, -0.05) is 87.5 Å². The van der Waals surface area contributed by atoms with Crippen molar-refractivity contribution in [1.29, 1.82) is 0 Å². The average molecular weight is 563 g/mol. The van der Waals surface area contributed by atoms with Gasteiger partial charge in [-0.3, -0.25) is 0 Å². The summed E-state index contributed by atoms with van der Waals surface area (Å²) < 4.78 is 39.8. The van der Waals surface area contributed by atoms with E-state index in [4.69, 9.17) is 32.8 Å². The molecule has 0 spiro atoms. The van der Waals surface area contributed by atoms with Gasteiger partial charge < -0.3 is 38.0 Å². The van der Waals surface area contributed by atoms with Crippen LogP contribution in [-0.2, 0) is 32.8 Å². The van der Waals surface area contributed by atoms with Gasteiger partial charge in [0.2, 0.25) is 0 Å². The molecule has 8 nitrogen and oxygen atoms in total. The predicted molar refractivity (Wildman–Crippen MR) is 155 cm³/mol. The van der Waals surface area contributed by atoms with E-state index < -0.39 is 26.6 Å². The minimum absolute atomic E-state index is 0.00722. The van der Waals surface area contributed by atoms with Gasteiger partial charge in [0, 0.05) is 14.2 Å². The molecular weight excluding hydrogens is 516 g/mol. The van der Waals surface area contributed by atoms with Gasteiger partial charge in [0.15, 0.2) is 0 Å². The third kappa shape index (κ3) is 9.89. The Kier molecular flexibility index (Phi) is 15.1. The van der Waals surface area contributed by atoms with Crippen LogP contribution >= 0.6 is 0 Å². The van der Waals surface area contributed by atoms with E-state index in [1.54, 1.807) is 20.3 Å². The zero-order chi connectivity index (χ0) is 28.6. The Morgan fingerprint density at radius 2 is 1.28 bits per heavy atom. The van der Waals surface area contributed by atoms with E-state index in [9.17, 15) is 5.11 Å². The van der Waals surface area contributed by atoms with E-state index in [2.05, 4.69) is 51.6 Å². The van der Waals surface area contributed by atoms with E-state index in [0.717, 1.165) is 10.4 Å². The zero-order valence-corrected chi connectivity index (χ0v) is 25.0. The molecule has 39 heavy (non-hydrogen) atoms. The maximum atomic E-state index is 11.5. The molecule has 0 amide bonds. The van der Waals surface area contributed by atoms with Crippen molar-refractivity contribution in [3.63, 3.8) is 0 Å². The van der Waals surface area contributed by atoms with E-state index in [-0.39, 0.29) is 25.2 Å². The van der Waals surface area contributed by atoms with Gasteiger partial charge in [0.05, 0.1) is 33.0 Å². The third-order valence-corrected chi connectivity index (χ3v) is 11.4. The first-order valence-electron chi connectivity index (χ1n) is 13.2. The van der Waals surface area contributed by atoms with Gasteiger partial charge in [-0.25, -0.2) is 0 Å². The largest absolute Gasteiger partial charge is 0.405 e. The van der Waals surface area contributed by atoms with Crippen LogP contribution in [0.2, 0.25) is 5.04 Å². The number of benzene rings is 2. The summed E-state index contributed by atoms with van der Waals surface area (Å²) in [5.41, 5.74) is 0. The molecule has 0 fully saturated rings. The van der Waals surface area contributed by atoms with Crippen molar-refractivity contribution in [2.24, 2.45) is 0 Å². The number of hydrogen-bond donors (Lipinski definition) is 1. The second-order valence-corrected chi connectivity index (χ2v) is 14.4. The maximum Gasteiger partial charge on any atom is 0.261 e. The van der Waals surface area contributed by atoms with Gasteiger partial charge in [0.1, 0.15) is 31.9 Å². The highest BCUT2D eigenvalue weighted by Crippen LogP contribution is 2.37. The van der Waals surface area contributed by atoms with E-state index >= 15 is 0 Å². The zero-order valence-electron chi connectivity index (χ0n) is 24.0. The molecule has 0 radical (unpaired) electrons. The van der Waals surface area contributed by atoms with Crippen LogP contribution < -0.4 is 10.4 Å². The van der Waals surface area contributed by atoms with Crippen molar-refractivity contribution < 1.29 is 38.0 Å². The molecule has 2 aromatic rings. The van der Waals surface area contributed by atoms with Crippen LogP contribution in [0.4, 0.5) is 0 Å². The highest BCUT2D eigenvalue weighted by Gasteiger charge is 2.50. The first-order valence-corrected chi connectivity index (χ1v) is 15.1. The fraction of sp³-hybridized carbons (Fsp3) is 0.533. The number of aliphatic hydroxyl groups excluding tert-OH is 1. The van der Waals surface area contributed by atoms with Gasteiger partial charge in [0.25, 0.3) is 8.32 Å². The summed E-state index contributed by atoms with van der Waals surface area (Å²) in [7, 11) is 0.344. The number of aliphatic hydroxyl groups is 1. The lowest BCUT2D eigenvalue weighted by molar-refractivity contribution is -0.187. The molecule has 3 atom stereocenters. The molecule has 0 aliphatic heterocycles. The molecule has 0 unspecified atom stereocenters. The Hall–Kier alpha value is -1.92. The van der Waals surface area contributed by atoms with Gasteiger partial charge in [-0.05, 0) is 15.4 Å². The molecule has 0 bridgehead atoms. The SMILES string of the molecule is C=C[C@@H](OCOCCOC)[C@H](OCOCCOC)[C@H](O)CO[Si](c1ccccc1)(c1ccccc1)C(C)(C)C. The third-order valence-electron chi connectivity index (χ3n) is 6.37. The van der Waals surface area contributed by atoms with Crippen molar-refractivity contribution in [3.05, 3.63) is 73.3 Å². The van der Waals surface area contributed by atoms with E-state index in [1.807, 2.05) is 36.4 Å². The Balaban J connectivity index is 2.30. The van der Waals surface area contributed by atoms with Crippen LogP contribution in [0.3, 0.4) is 0 Å². The quantitative estimate of drug-likeness (QED) is 0.114. The number of rotatable bonds is 20. The van der Waals surface area contributed by atoms with Crippen molar-refractivity contribution in [2.45, 2.75) is 44.1 Å². The summed E-state index contributed by atoms with van der Waals surface area (Å²) in [5, 5.41) is 13.5. The van der Waals surface area contributed by atoms with Crippen LogP contribution in [0.25, 0.3) is 0 Å². The number of ether oxygens (including phenoxy) is 6. The molecule has 9 heteroatoms. The first kappa shape index (κ1) is 33.3. The summed E-state index contributed by atoms with van der Waals surface area (Å²) in [6.07, 6.45) is -0.934. The van der Waals surface area contributed by atoms with Crippen molar-refractivity contribution in [3.8, 4) is 0 Å². The second kappa shape index (κ2) is 17.7. The highest BCUT2D eigenvalue weighted by molar-refractivity contribution is 6.99.